The lowest BCUT2D eigenvalue weighted by atomic mass is 9.90. The van der Waals surface area contributed by atoms with Crippen molar-refractivity contribution in [2.75, 3.05) is 18.9 Å². The number of hydrogen-bond acceptors (Lipinski definition) is 2. The highest BCUT2D eigenvalue weighted by Gasteiger charge is 2.26. The van der Waals surface area contributed by atoms with E-state index in [4.69, 9.17) is 0 Å². The number of amides is 2. The SMILES string of the molecule is CCNC1CCC(N(C)C(=O)Nc2ccccc2F)CC1. The van der Waals surface area contributed by atoms with Gasteiger partial charge in [-0.15, -0.1) is 0 Å². The first-order valence-corrected chi connectivity index (χ1v) is 7.63. The average Bonchev–Trinajstić information content (AvgIpc) is 2.50. The van der Waals surface area contributed by atoms with E-state index in [1.54, 1.807) is 30.1 Å². The Kier molecular flexibility index (Phi) is 5.56. The molecule has 2 amide bonds. The molecule has 0 aliphatic heterocycles. The molecule has 1 fully saturated rings. The van der Waals surface area contributed by atoms with Crippen molar-refractivity contribution in [1.82, 2.24) is 10.2 Å². The molecule has 2 N–H and O–H groups in total. The van der Waals surface area contributed by atoms with Crippen molar-refractivity contribution in [2.24, 2.45) is 0 Å². The Morgan fingerprint density at radius 1 is 1.29 bits per heavy atom. The lowest BCUT2D eigenvalue weighted by molar-refractivity contribution is 0.177. The number of carbonyl (C=O) groups excluding carboxylic acids is 1. The van der Waals surface area contributed by atoms with E-state index >= 15 is 0 Å². The monoisotopic (exact) mass is 293 g/mol. The number of anilines is 1. The highest BCUT2D eigenvalue weighted by atomic mass is 19.1. The van der Waals surface area contributed by atoms with Crippen molar-refractivity contribution < 1.29 is 9.18 Å². The smallest absolute Gasteiger partial charge is 0.321 e. The molecule has 0 heterocycles. The van der Waals surface area contributed by atoms with E-state index in [0.29, 0.717) is 6.04 Å². The topological polar surface area (TPSA) is 44.4 Å². The number of benzene rings is 1. The Hall–Kier alpha value is -1.62. The molecule has 2 rings (SSSR count). The minimum atomic E-state index is -0.407. The highest BCUT2D eigenvalue weighted by Crippen LogP contribution is 2.23. The lowest BCUT2D eigenvalue weighted by Crippen LogP contribution is -2.44. The average molecular weight is 293 g/mol. The second-order valence-corrected chi connectivity index (χ2v) is 5.58. The fourth-order valence-electron chi connectivity index (χ4n) is 2.89. The molecule has 0 radical (unpaired) electrons. The van der Waals surface area contributed by atoms with Crippen molar-refractivity contribution in [3.63, 3.8) is 0 Å². The van der Waals surface area contributed by atoms with Crippen LogP contribution in [0.25, 0.3) is 0 Å². The summed E-state index contributed by atoms with van der Waals surface area (Å²) < 4.78 is 13.6. The lowest BCUT2D eigenvalue weighted by Gasteiger charge is -2.35. The van der Waals surface area contributed by atoms with Crippen LogP contribution in [-0.2, 0) is 0 Å². The Morgan fingerprint density at radius 2 is 1.95 bits per heavy atom. The van der Waals surface area contributed by atoms with Crippen LogP contribution in [-0.4, -0.2) is 36.6 Å². The van der Waals surface area contributed by atoms with Crippen molar-refractivity contribution in [2.45, 2.75) is 44.7 Å². The van der Waals surface area contributed by atoms with Gasteiger partial charge in [-0.25, -0.2) is 9.18 Å². The molecule has 0 saturated heterocycles. The van der Waals surface area contributed by atoms with Gasteiger partial charge >= 0.3 is 6.03 Å². The Labute approximate surface area is 125 Å². The standard InChI is InChI=1S/C16H24FN3O/c1-3-18-12-8-10-13(11-9-12)20(2)16(21)19-15-7-5-4-6-14(15)17/h4-7,12-13,18H,3,8-11H2,1-2H3,(H,19,21). The van der Waals surface area contributed by atoms with E-state index in [-0.39, 0.29) is 17.8 Å². The normalized spacial score (nSPS) is 21.9. The Bertz CT molecular complexity index is 472. The summed E-state index contributed by atoms with van der Waals surface area (Å²) >= 11 is 0. The molecule has 1 aromatic carbocycles. The Morgan fingerprint density at radius 3 is 2.57 bits per heavy atom. The number of hydrogen-bond donors (Lipinski definition) is 2. The number of nitrogens with one attached hydrogen (secondary N) is 2. The summed E-state index contributed by atoms with van der Waals surface area (Å²) in [5, 5.41) is 6.09. The summed E-state index contributed by atoms with van der Waals surface area (Å²) in [4.78, 5) is 13.9. The van der Waals surface area contributed by atoms with Gasteiger partial charge in [-0.05, 0) is 44.4 Å². The summed E-state index contributed by atoms with van der Waals surface area (Å²) in [6, 6.07) is 6.78. The number of rotatable bonds is 4. The van der Waals surface area contributed by atoms with E-state index in [1.807, 2.05) is 0 Å². The quantitative estimate of drug-likeness (QED) is 0.895. The van der Waals surface area contributed by atoms with Crippen LogP contribution in [0.4, 0.5) is 14.9 Å². The number of halogens is 1. The van der Waals surface area contributed by atoms with Crippen LogP contribution in [0, 0.1) is 5.82 Å². The number of para-hydroxylation sites is 1. The fourth-order valence-corrected chi connectivity index (χ4v) is 2.89. The number of carbonyl (C=O) groups is 1. The van der Waals surface area contributed by atoms with Gasteiger partial charge in [0.05, 0.1) is 5.69 Å². The minimum absolute atomic E-state index is 0.228. The third-order valence-electron chi connectivity index (χ3n) is 4.17. The van der Waals surface area contributed by atoms with Crippen LogP contribution in [0.2, 0.25) is 0 Å². The molecule has 1 aliphatic rings. The molecule has 0 atom stereocenters. The van der Waals surface area contributed by atoms with Gasteiger partial charge in [0.2, 0.25) is 0 Å². The van der Waals surface area contributed by atoms with Crippen LogP contribution < -0.4 is 10.6 Å². The van der Waals surface area contributed by atoms with Gasteiger partial charge in [-0.3, -0.25) is 0 Å². The molecule has 1 saturated carbocycles. The molecule has 1 aromatic rings. The third-order valence-corrected chi connectivity index (χ3v) is 4.17. The van der Waals surface area contributed by atoms with Gasteiger partial charge in [-0.1, -0.05) is 19.1 Å². The van der Waals surface area contributed by atoms with E-state index in [0.717, 1.165) is 32.2 Å². The largest absolute Gasteiger partial charge is 0.325 e. The van der Waals surface area contributed by atoms with Crippen LogP contribution in [0.15, 0.2) is 24.3 Å². The molecule has 0 bridgehead atoms. The third kappa shape index (κ3) is 4.17. The minimum Gasteiger partial charge on any atom is -0.325 e. The summed E-state index contributed by atoms with van der Waals surface area (Å²) in [5.74, 6) is -0.407. The zero-order chi connectivity index (χ0) is 15.2. The van der Waals surface area contributed by atoms with E-state index in [9.17, 15) is 9.18 Å². The first kappa shape index (κ1) is 15.8. The maximum absolute atomic E-state index is 13.6. The van der Waals surface area contributed by atoms with E-state index in [1.165, 1.54) is 6.07 Å². The predicted octanol–water partition coefficient (Wildman–Crippen LogP) is 3.21. The summed E-state index contributed by atoms with van der Waals surface area (Å²) in [7, 11) is 1.79. The first-order valence-electron chi connectivity index (χ1n) is 7.63. The molecule has 1 aliphatic carbocycles. The predicted molar refractivity (Wildman–Crippen MR) is 82.9 cm³/mol. The Balaban J connectivity index is 1.87. The van der Waals surface area contributed by atoms with Gasteiger partial charge in [0.25, 0.3) is 0 Å². The van der Waals surface area contributed by atoms with Crippen molar-refractivity contribution in [3.05, 3.63) is 30.1 Å². The zero-order valence-electron chi connectivity index (χ0n) is 12.7. The number of nitrogens with zero attached hydrogens (tertiary/aromatic N) is 1. The molecule has 4 nitrogen and oxygen atoms in total. The molecular formula is C16H24FN3O. The fraction of sp³-hybridized carbons (Fsp3) is 0.562. The van der Waals surface area contributed by atoms with Crippen LogP contribution in [0.5, 0.6) is 0 Å². The highest BCUT2D eigenvalue weighted by molar-refractivity contribution is 5.89. The van der Waals surface area contributed by atoms with E-state index < -0.39 is 5.82 Å². The van der Waals surface area contributed by atoms with Crippen LogP contribution in [0.1, 0.15) is 32.6 Å². The summed E-state index contributed by atoms with van der Waals surface area (Å²) in [6.45, 7) is 3.10. The molecule has 0 spiro atoms. The molecule has 116 valence electrons. The van der Waals surface area contributed by atoms with Crippen molar-refractivity contribution >= 4 is 11.7 Å². The number of urea groups is 1. The molecule has 21 heavy (non-hydrogen) atoms. The second-order valence-electron chi connectivity index (χ2n) is 5.58. The molecular weight excluding hydrogens is 269 g/mol. The molecule has 0 unspecified atom stereocenters. The van der Waals surface area contributed by atoms with E-state index in [2.05, 4.69) is 17.6 Å². The van der Waals surface area contributed by atoms with Gasteiger partial charge in [0.1, 0.15) is 5.82 Å². The first-order chi connectivity index (χ1) is 10.1. The van der Waals surface area contributed by atoms with Gasteiger partial charge < -0.3 is 15.5 Å². The maximum atomic E-state index is 13.6. The van der Waals surface area contributed by atoms with Gasteiger partial charge in [-0.2, -0.15) is 0 Å². The molecule has 5 heteroatoms. The maximum Gasteiger partial charge on any atom is 0.321 e. The molecule has 0 aromatic heterocycles. The van der Waals surface area contributed by atoms with Gasteiger partial charge in [0.15, 0.2) is 0 Å². The zero-order valence-corrected chi connectivity index (χ0v) is 12.7. The van der Waals surface area contributed by atoms with Crippen molar-refractivity contribution in [3.8, 4) is 0 Å². The second kappa shape index (κ2) is 7.41. The summed E-state index contributed by atoms with van der Waals surface area (Å²) in [6.07, 6.45) is 4.13. The van der Waals surface area contributed by atoms with Crippen molar-refractivity contribution in [1.29, 1.82) is 0 Å². The summed E-state index contributed by atoms with van der Waals surface area (Å²) in [5.41, 5.74) is 0.232. The van der Waals surface area contributed by atoms with Crippen LogP contribution in [0.3, 0.4) is 0 Å². The van der Waals surface area contributed by atoms with Crippen LogP contribution >= 0.6 is 0 Å². The van der Waals surface area contributed by atoms with Gasteiger partial charge in [0, 0.05) is 19.1 Å².